The Hall–Kier alpha value is -2.68. The highest BCUT2D eigenvalue weighted by Gasteiger charge is 2.33. The minimum atomic E-state index is -4.51. The van der Waals surface area contributed by atoms with E-state index in [0.717, 1.165) is 18.9 Å². The number of ether oxygens (including phenoxy) is 1. The number of carbonyl (C=O) groups is 1. The Labute approximate surface area is 147 Å². The van der Waals surface area contributed by atoms with Crippen molar-refractivity contribution in [3.8, 4) is 0 Å². The zero-order chi connectivity index (χ0) is 18.6. The summed E-state index contributed by atoms with van der Waals surface area (Å²) < 4.78 is 44.6. The molecule has 2 heterocycles. The molecule has 1 aromatic carbocycles. The number of amides is 1. The number of benzene rings is 1. The predicted octanol–water partition coefficient (Wildman–Crippen LogP) is 3.15. The molecule has 1 atom stereocenters. The topological polar surface area (TPSA) is 76.1 Å². The second-order valence-corrected chi connectivity index (χ2v) is 5.78. The third kappa shape index (κ3) is 4.48. The normalized spacial score (nSPS) is 17.1. The van der Waals surface area contributed by atoms with E-state index in [4.69, 9.17) is 4.74 Å². The van der Waals surface area contributed by atoms with E-state index in [1.165, 1.54) is 30.5 Å². The van der Waals surface area contributed by atoms with E-state index in [1.54, 1.807) is 0 Å². The Balaban J connectivity index is 1.70. The van der Waals surface area contributed by atoms with Crippen LogP contribution in [0.4, 0.5) is 24.8 Å². The summed E-state index contributed by atoms with van der Waals surface area (Å²) in [7, 11) is 0. The Morgan fingerprint density at radius 1 is 1.27 bits per heavy atom. The van der Waals surface area contributed by atoms with Gasteiger partial charge in [-0.25, -0.2) is 9.97 Å². The maximum Gasteiger partial charge on any atom is 0.418 e. The molecule has 1 unspecified atom stereocenters. The van der Waals surface area contributed by atoms with E-state index in [0.29, 0.717) is 13.2 Å². The molecular weight excluding hydrogens is 349 g/mol. The summed E-state index contributed by atoms with van der Waals surface area (Å²) in [5, 5.41) is 5.23. The van der Waals surface area contributed by atoms with Crippen LogP contribution in [0.2, 0.25) is 0 Å². The average molecular weight is 366 g/mol. The SMILES string of the molecule is O=C(NCC1CCCO1)c1ccnc(Nc2ccccc2C(F)(F)F)n1. The van der Waals surface area contributed by atoms with Gasteiger partial charge in [-0.3, -0.25) is 4.79 Å². The van der Waals surface area contributed by atoms with E-state index in [9.17, 15) is 18.0 Å². The molecule has 2 N–H and O–H groups in total. The van der Waals surface area contributed by atoms with Gasteiger partial charge in [0.05, 0.1) is 17.4 Å². The number of halogens is 3. The largest absolute Gasteiger partial charge is 0.418 e. The molecule has 3 rings (SSSR count). The third-order valence-electron chi connectivity index (χ3n) is 3.88. The van der Waals surface area contributed by atoms with Crippen LogP contribution >= 0.6 is 0 Å². The Morgan fingerprint density at radius 2 is 2.08 bits per heavy atom. The summed E-state index contributed by atoms with van der Waals surface area (Å²) in [5.41, 5.74) is -0.960. The quantitative estimate of drug-likeness (QED) is 0.850. The number of nitrogens with one attached hydrogen (secondary N) is 2. The molecule has 1 amide bonds. The van der Waals surface area contributed by atoms with Crippen molar-refractivity contribution in [2.75, 3.05) is 18.5 Å². The van der Waals surface area contributed by atoms with Gasteiger partial charge in [-0.05, 0) is 31.0 Å². The standard InChI is InChI=1S/C17H17F3N4O2/c18-17(19,20)12-5-1-2-6-13(12)23-16-21-8-7-14(24-16)15(25)22-10-11-4-3-9-26-11/h1-2,5-8,11H,3-4,9-10H2,(H,22,25)(H,21,23,24). The van der Waals surface area contributed by atoms with Gasteiger partial charge < -0.3 is 15.4 Å². The molecule has 1 aliphatic rings. The molecule has 0 radical (unpaired) electrons. The Kier molecular flexibility index (Phi) is 5.36. The lowest BCUT2D eigenvalue weighted by Crippen LogP contribution is -2.32. The smallest absolute Gasteiger partial charge is 0.376 e. The highest BCUT2D eigenvalue weighted by Crippen LogP contribution is 2.35. The van der Waals surface area contributed by atoms with Gasteiger partial charge in [0, 0.05) is 19.3 Å². The van der Waals surface area contributed by atoms with E-state index >= 15 is 0 Å². The van der Waals surface area contributed by atoms with Crippen LogP contribution in [0.25, 0.3) is 0 Å². The number of anilines is 2. The first-order chi connectivity index (χ1) is 12.4. The lowest BCUT2D eigenvalue weighted by Gasteiger charge is -2.14. The molecule has 1 aromatic heterocycles. The van der Waals surface area contributed by atoms with Crippen molar-refractivity contribution in [2.45, 2.75) is 25.1 Å². The molecule has 1 fully saturated rings. The molecule has 26 heavy (non-hydrogen) atoms. The number of carbonyl (C=O) groups excluding carboxylic acids is 1. The highest BCUT2D eigenvalue weighted by atomic mass is 19.4. The van der Waals surface area contributed by atoms with Crippen LogP contribution < -0.4 is 10.6 Å². The van der Waals surface area contributed by atoms with Crippen molar-refractivity contribution >= 4 is 17.5 Å². The minimum absolute atomic E-state index is 0.0166. The molecule has 1 saturated heterocycles. The van der Waals surface area contributed by atoms with E-state index in [1.807, 2.05) is 0 Å². The first kappa shape index (κ1) is 18.1. The van der Waals surface area contributed by atoms with Crippen LogP contribution in [0, 0.1) is 0 Å². The molecule has 1 aliphatic heterocycles. The van der Waals surface area contributed by atoms with Gasteiger partial charge in [0.2, 0.25) is 5.95 Å². The van der Waals surface area contributed by atoms with Crippen LogP contribution in [0.1, 0.15) is 28.9 Å². The highest BCUT2D eigenvalue weighted by molar-refractivity contribution is 5.92. The van der Waals surface area contributed by atoms with Crippen molar-refractivity contribution < 1.29 is 22.7 Å². The maximum absolute atomic E-state index is 13.1. The van der Waals surface area contributed by atoms with Gasteiger partial charge in [0.1, 0.15) is 5.69 Å². The predicted molar refractivity (Wildman–Crippen MR) is 88.1 cm³/mol. The summed E-state index contributed by atoms with van der Waals surface area (Å²) in [6.07, 6.45) is -1.38. The number of hydrogen-bond acceptors (Lipinski definition) is 5. The van der Waals surface area contributed by atoms with E-state index in [-0.39, 0.29) is 23.4 Å². The van der Waals surface area contributed by atoms with Gasteiger partial charge in [0.15, 0.2) is 0 Å². The number of aromatic nitrogens is 2. The summed E-state index contributed by atoms with van der Waals surface area (Å²) in [5.74, 6) is -0.526. The number of para-hydroxylation sites is 1. The zero-order valence-corrected chi connectivity index (χ0v) is 13.7. The number of alkyl halides is 3. The van der Waals surface area contributed by atoms with Crippen molar-refractivity contribution in [1.29, 1.82) is 0 Å². The molecule has 2 aromatic rings. The van der Waals surface area contributed by atoms with Gasteiger partial charge in [-0.15, -0.1) is 0 Å². The van der Waals surface area contributed by atoms with Crippen LogP contribution in [0.5, 0.6) is 0 Å². The zero-order valence-electron chi connectivity index (χ0n) is 13.7. The van der Waals surface area contributed by atoms with Crippen molar-refractivity contribution in [1.82, 2.24) is 15.3 Å². The Bertz CT molecular complexity index is 777. The number of nitrogens with zero attached hydrogens (tertiary/aromatic N) is 2. The molecule has 138 valence electrons. The summed E-state index contributed by atoms with van der Waals surface area (Å²) >= 11 is 0. The molecule has 0 bridgehead atoms. The molecule has 9 heteroatoms. The number of rotatable bonds is 5. The fourth-order valence-electron chi connectivity index (χ4n) is 2.61. The lowest BCUT2D eigenvalue weighted by atomic mass is 10.1. The summed E-state index contributed by atoms with van der Waals surface area (Å²) in [6.45, 7) is 1.04. The van der Waals surface area contributed by atoms with Gasteiger partial charge in [-0.2, -0.15) is 13.2 Å². The van der Waals surface area contributed by atoms with Crippen molar-refractivity contribution in [3.63, 3.8) is 0 Å². The van der Waals surface area contributed by atoms with Crippen LogP contribution in [0.15, 0.2) is 36.5 Å². The molecule has 0 saturated carbocycles. The van der Waals surface area contributed by atoms with Gasteiger partial charge in [0.25, 0.3) is 5.91 Å². The third-order valence-corrected chi connectivity index (χ3v) is 3.88. The second kappa shape index (κ2) is 7.69. The Morgan fingerprint density at radius 3 is 2.81 bits per heavy atom. The minimum Gasteiger partial charge on any atom is -0.376 e. The summed E-state index contributed by atoms with van der Waals surface area (Å²) in [4.78, 5) is 20.0. The molecule has 6 nitrogen and oxygen atoms in total. The van der Waals surface area contributed by atoms with Gasteiger partial charge >= 0.3 is 6.18 Å². The van der Waals surface area contributed by atoms with Crippen LogP contribution in [-0.2, 0) is 10.9 Å². The van der Waals surface area contributed by atoms with Crippen molar-refractivity contribution in [3.05, 3.63) is 47.8 Å². The molecule has 0 spiro atoms. The fraction of sp³-hybridized carbons (Fsp3) is 0.353. The van der Waals surface area contributed by atoms with E-state index < -0.39 is 17.6 Å². The van der Waals surface area contributed by atoms with Gasteiger partial charge in [-0.1, -0.05) is 12.1 Å². The first-order valence-electron chi connectivity index (χ1n) is 8.09. The number of hydrogen-bond donors (Lipinski definition) is 2. The van der Waals surface area contributed by atoms with Crippen LogP contribution in [0.3, 0.4) is 0 Å². The second-order valence-electron chi connectivity index (χ2n) is 5.78. The van der Waals surface area contributed by atoms with Crippen LogP contribution in [-0.4, -0.2) is 35.1 Å². The monoisotopic (exact) mass is 366 g/mol. The molecule has 0 aliphatic carbocycles. The first-order valence-corrected chi connectivity index (χ1v) is 8.09. The lowest BCUT2D eigenvalue weighted by molar-refractivity contribution is -0.136. The summed E-state index contributed by atoms with van der Waals surface area (Å²) in [6, 6.07) is 6.39. The maximum atomic E-state index is 13.1. The average Bonchev–Trinajstić information content (AvgIpc) is 3.13. The van der Waals surface area contributed by atoms with E-state index in [2.05, 4.69) is 20.6 Å². The molecular formula is C17H17F3N4O2. The fourth-order valence-corrected chi connectivity index (χ4v) is 2.61. The van der Waals surface area contributed by atoms with Crippen molar-refractivity contribution in [2.24, 2.45) is 0 Å².